The summed E-state index contributed by atoms with van der Waals surface area (Å²) in [6, 6.07) is 62.3. The predicted octanol–water partition coefficient (Wildman–Crippen LogP) is 11.2. The number of benzene rings is 7. The summed E-state index contributed by atoms with van der Waals surface area (Å²) >= 11 is 0. The van der Waals surface area contributed by atoms with E-state index in [-0.39, 0.29) is 21.1 Å². The van der Waals surface area contributed by atoms with Gasteiger partial charge in [-0.25, -0.2) is 4.98 Å². The Morgan fingerprint density at radius 2 is 1.14 bits per heavy atom. The Hall–Kier alpha value is -7.21. The molecule has 0 spiro atoms. The first kappa shape index (κ1) is 35.0. The number of para-hydroxylation sites is 4. The van der Waals surface area contributed by atoms with Crippen LogP contribution in [0, 0.1) is 18.5 Å². The fourth-order valence-electron chi connectivity index (χ4n) is 8.86. The van der Waals surface area contributed by atoms with Gasteiger partial charge >= 0.3 is 0 Å². The van der Waals surface area contributed by atoms with Crippen LogP contribution in [0.3, 0.4) is 0 Å². The standard InChI is InChI=1S/C51H32N6O.Pt/c1-53-29-30-54(33-53)36-19-14-20-37(31-36)58-38-26-27-41-44(32-38)57(45-25-12-13-28-52-45)49-46(41)47-39-21-8-10-23-42(39)55(34-15-4-2-5-16-34)50(47)51-48(49)40-22-9-11-24-43(40)56(51)35-17-6-3-7-18-35;/h2-30H,1H3;/q-2;. The van der Waals surface area contributed by atoms with Gasteiger partial charge in [-0.15, -0.1) is 29.7 Å². The Bertz CT molecular complexity index is 3550. The van der Waals surface area contributed by atoms with E-state index < -0.39 is 0 Å². The van der Waals surface area contributed by atoms with Gasteiger partial charge in [0, 0.05) is 84.1 Å². The average Bonchev–Trinajstić information content (AvgIpc) is 4.04. The SMILES string of the molecule is Cn1[c-][n+](-c2[c-]c(Oc3[c-]c4c(cc3)c3c5c6ccccc6n(-c6ccccc6)c5c5c(c6ccccc6n5-c5ccccc5)c3n4-c3ccccn3)ccc2)cc1.[Pt]. The van der Waals surface area contributed by atoms with E-state index in [2.05, 4.69) is 153 Å². The number of aryl methyl sites for hydroxylation is 1. The van der Waals surface area contributed by atoms with Crippen LogP contribution in [-0.2, 0) is 28.1 Å². The summed E-state index contributed by atoms with van der Waals surface area (Å²) in [4.78, 5) is 5.01. The van der Waals surface area contributed by atoms with Crippen LogP contribution in [0.4, 0.5) is 0 Å². The van der Waals surface area contributed by atoms with Crippen molar-refractivity contribution in [1.29, 1.82) is 0 Å². The number of hydrogen-bond acceptors (Lipinski definition) is 2. The van der Waals surface area contributed by atoms with Crippen LogP contribution in [0.5, 0.6) is 11.5 Å². The molecule has 12 rings (SSSR count). The molecule has 0 aliphatic rings. The van der Waals surface area contributed by atoms with E-state index in [4.69, 9.17) is 9.72 Å². The third-order valence-corrected chi connectivity index (χ3v) is 11.2. The van der Waals surface area contributed by atoms with Gasteiger partial charge in [-0.3, -0.25) is 0 Å². The molecule has 284 valence electrons. The minimum Gasteiger partial charge on any atom is -0.510 e. The van der Waals surface area contributed by atoms with Crippen LogP contribution in [0.2, 0.25) is 0 Å². The predicted molar refractivity (Wildman–Crippen MR) is 231 cm³/mol. The van der Waals surface area contributed by atoms with Crippen molar-refractivity contribution >= 4 is 65.4 Å². The van der Waals surface area contributed by atoms with E-state index >= 15 is 0 Å². The topological polar surface area (TPSA) is 45.7 Å². The Kier molecular flexibility index (Phi) is 8.14. The molecule has 7 aromatic carbocycles. The van der Waals surface area contributed by atoms with Gasteiger partial charge in [0.1, 0.15) is 5.82 Å². The number of ether oxygens (including phenoxy) is 1. The maximum Gasteiger partial charge on any atom is 0.241 e. The molecule has 0 amide bonds. The second kappa shape index (κ2) is 13.7. The summed E-state index contributed by atoms with van der Waals surface area (Å²) in [6.07, 6.45) is 9.00. The molecule has 5 aromatic heterocycles. The van der Waals surface area contributed by atoms with Crippen molar-refractivity contribution in [2.24, 2.45) is 7.05 Å². The van der Waals surface area contributed by atoms with Crippen molar-refractivity contribution in [2.45, 2.75) is 0 Å². The molecule has 0 aliphatic heterocycles. The van der Waals surface area contributed by atoms with E-state index in [0.29, 0.717) is 11.5 Å². The van der Waals surface area contributed by atoms with Gasteiger partial charge in [0.2, 0.25) is 6.33 Å². The first-order valence-corrected chi connectivity index (χ1v) is 19.3. The van der Waals surface area contributed by atoms with Crippen molar-refractivity contribution in [3.8, 4) is 34.4 Å². The minimum atomic E-state index is 0. The number of rotatable bonds is 6. The molecule has 0 fully saturated rings. The summed E-state index contributed by atoms with van der Waals surface area (Å²) in [6.45, 7) is 0. The molecule has 0 unspecified atom stereocenters. The van der Waals surface area contributed by atoms with Crippen molar-refractivity contribution in [3.05, 3.63) is 195 Å². The maximum atomic E-state index is 6.59. The smallest absolute Gasteiger partial charge is 0.241 e. The summed E-state index contributed by atoms with van der Waals surface area (Å²) in [5, 5.41) is 6.81. The first-order chi connectivity index (χ1) is 28.7. The second-order valence-electron chi connectivity index (χ2n) is 14.5. The van der Waals surface area contributed by atoms with Crippen LogP contribution < -0.4 is 9.30 Å². The van der Waals surface area contributed by atoms with E-state index in [0.717, 1.165) is 77.5 Å². The largest absolute Gasteiger partial charge is 0.510 e. The Labute approximate surface area is 353 Å². The fourth-order valence-corrected chi connectivity index (χ4v) is 8.86. The zero-order valence-corrected chi connectivity index (χ0v) is 33.9. The van der Waals surface area contributed by atoms with Gasteiger partial charge in [-0.1, -0.05) is 90.1 Å². The monoisotopic (exact) mass is 939 g/mol. The molecular weight excluding hydrogens is 908 g/mol. The molecule has 7 nitrogen and oxygen atoms in total. The van der Waals surface area contributed by atoms with Gasteiger partial charge in [0.05, 0.1) is 34.6 Å². The van der Waals surface area contributed by atoms with Gasteiger partial charge < -0.3 is 27.6 Å². The minimum absolute atomic E-state index is 0. The number of fused-ring (bicyclic) bond motifs is 12. The molecule has 0 aliphatic carbocycles. The van der Waals surface area contributed by atoms with E-state index in [9.17, 15) is 0 Å². The van der Waals surface area contributed by atoms with Gasteiger partial charge in [0.15, 0.2) is 0 Å². The Balaban J connectivity index is 0.00000397. The summed E-state index contributed by atoms with van der Waals surface area (Å²) < 4.78 is 17.5. The zero-order valence-electron chi connectivity index (χ0n) is 31.7. The number of aromatic nitrogens is 6. The fraction of sp³-hybridized carbons (Fsp3) is 0.0196. The average molecular weight is 940 g/mol. The maximum absolute atomic E-state index is 6.59. The van der Waals surface area contributed by atoms with Crippen LogP contribution >= 0.6 is 0 Å². The summed E-state index contributed by atoms with van der Waals surface area (Å²) in [5.41, 5.74) is 9.46. The van der Waals surface area contributed by atoms with E-state index in [1.807, 2.05) is 71.2 Å². The van der Waals surface area contributed by atoms with Gasteiger partial charge in [-0.05, 0) is 53.9 Å². The number of imidazole rings is 1. The molecule has 12 aromatic rings. The molecule has 59 heavy (non-hydrogen) atoms. The van der Waals surface area contributed by atoms with Gasteiger partial charge in [0.25, 0.3) is 0 Å². The second-order valence-corrected chi connectivity index (χ2v) is 14.5. The first-order valence-electron chi connectivity index (χ1n) is 19.3. The summed E-state index contributed by atoms with van der Waals surface area (Å²) in [7, 11) is 1.95. The Morgan fingerprint density at radius 1 is 0.525 bits per heavy atom. The molecule has 0 bridgehead atoms. The van der Waals surface area contributed by atoms with Crippen LogP contribution in [0.15, 0.2) is 176 Å². The van der Waals surface area contributed by atoms with Crippen LogP contribution in [-0.4, -0.2) is 23.3 Å². The third-order valence-electron chi connectivity index (χ3n) is 11.2. The van der Waals surface area contributed by atoms with Crippen molar-refractivity contribution < 1.29 is 30.4 Å². The van der Waals surface area contributed by atoms with Crippen LogP contribution in [0.25, 0.3) is 88.3 Å². The van der Waals surface area contributed by atoms with Crippen molar-refractivity contribution in [1.82, 2.24) is 23.3 Å². The van der Waals surface area contributed by atoms with Gasteiger partial charge in [-0.2, -0.15) is 18.2 Å². The van der Waals surface area contributed by atoms with Crippen LogP contribution in [0.1, 0.15) is 0 Å². The quantitative estimate of drug-likeness (QED) is 0.123. The molecule has 0 saturated carbocycles. The molecule has 0 atom stereocenters. The molecule has 0 saturated heterocycles. The molecule has 5 heterocycles. The molecular formula is C51H32N6OPt-2. The third kappa shape index (κ3) is 5.32. The van der Waals surface area contributed by atoms with Crippen molar-refractivity contribution in [2.75, 3.05) is 0 Å². The number of pyridine rings is 1. The van der Waals surface area contributed by atoms with E-state index in [1.165, 1.54) is 10.8 Å². The Morgan fingerprint density at radius 3 is 1.80 bits per heavy atom. The molecule has 0 radical (unpaired) electrons. The number of nitrogens with zero attached hydrogens (tertiary/aromatic N) is 6. The van der Waals surface area contributed by atoms with E-state index in [1.54, 1.807) is 0 Å². The summed E-state index contributed by atoms with van der Waals surface area (Å²) in [5.74, 6) is 1.96. The zero-order chi connectivity index (χ0) is 38.3. The van der Waals surface area contributed by atoms with Crippen molar-refractivity contribution in [3.63, 3.8) is 0 Å². The number of hydrogen-bond donors (Lipinski definition) is 0. The molecule has 8 heteroatoms. The molecule has 0 N–H and O–H groups in total. The normalized spacial score (nSPS) is 11.7.